The lowest BCUT2D eigenvalue weighted by atomic mass is 9.94. The molecule has 1 fully saturated rings. The zero-order valence-electron chi connectivity index (χ0n) is 23.4. The maximum Gasteiger partial charge on any atom is 0.302 e. The summed E-state index contributed by atoms with van der Waals surface area (Å²) in [6, 6.07) is 19.5. The Labute approximate surface area is 233 Å². The van der Waals surface area contributed by atoms with Crippen molar-refractivity contribution in [1.82, 2.24) is 9.97 Å². The van der Waals surface area contributed by atoms with Crippen LogP contribution < -0.4 is 14.5 Å². The fourth-order valence-electron chi connectivity index (χ4n) is 5.21. The second-order valence-electron chi connectivity index (χ2n) is 10.2. The van der Waals surface area contributed by atoms with Crippen LogP contribution in [0.4, 0.5) is 11.6 Å². The molecule has 1 unspecified atom stereocenters. The number of aliphatic hydroxyl groups excluding tert-OH is 1. The van der Waals surface area contributed by atoms with Crippen molar-refractivity contribution in [2.75, 3.05) is 22.9 Å². The van der Waals surface area contributed by atoms with Gasteiger partial charge in [0.05, 0.1) is 28.8 Å². The summed E-state index contributed by atoms with van der Waals surface area (Å²) in [6.07, 6.45) is -0.00778. The summed E-state index contributed by atoms with van der Waals surface area (Å²) < 4.78 is 5.84. The molecule has 0 radical (unpaired) electrons. The zero-order chi connectivity index (χ0) is 28.6. The molecule has 1 amide bonds. The van der Waals surface area contributed by atoms with Gasteiger partial charge in [-0.05, 0) is 88.2 Å². The highest BCUT2D eigenvalue weighted by Crippen LogP contribution is 2.42. The SMILES string of the molecule is CCN(CC)c1ccc(C2/C(=C(\O)c3ccc(OC(C)C)c(C)c3)C(=O)C(=O)N2c2nc3ccccc3[nH]2)cc1. The molecular formula is C32H34N4O4. The smallest absolute Gasteiger partial charge is 0.302 e. The van der Waals surface area contributed by atoms with Crippen LogP contribution in [-0.4, -0.2) is 46.0 Å². The van der Waals surface area contributed by atoms with Crippen molar-refractivity contribution < 1.29 is 19.4 Å². The third-order valence-electron chi connectivity index (χ3n) is 7.20. The monoisotopic (exact) mass is 538 g/mol. The number of aromatic nitrogens is 2. The van der Waals surface area contributed by atoms with E-state index in [0.29, 0.717) is 22.4 Å². The molecule has 2 N–H and O–H groups in total. The number of aliphatic hydroxyl groups is 1. The largest absolute Gasteiger partial charge is 0.507 e. The standard InChI is InChI=1S/C32H34N4O4/c1-6-35(7-2)23-15-12-21(13-16-23)28-27(29(37)22-14-17-26(20(5)18-22)40-19(3)4)30(38)31(39)36(28)32-33-24-10-8-9-11-25(24)34-32/h8-19,28,37H,6-7H2,1-5H3,(H,33,34)/b29-27+. The van der Waals surface area contributed by atoms with E-state index in [2.05, 4.69) is 28.7 Å². The fraction of sp³-hybridized carbons (Fsp3) is 0.281. The van der Waals surface area contributed by atoms with Gasteiger partial charge in [0.15, 0.2) is 0 Å². The molecule has 0 saturated carbocycles. The number of carbonyl (C=O) groups excluding carboxylic acids is 2. The maximum absolute atomic E-state index is 13.6. The Morgan fingerprint density at radius 1 is 1.05 bits per heavy atom. The Hall–Kier alpha value is -4.59. The molecule has 2 heterocycles. The van der Waals surface area contributed by atoms with Gasteiger partial charge in [0.2, 0.25) is 5.95 Å². The normalized spacial score (nSPS) is 16.8. The topological polar surface area (TPSA) is 98.8 Å². The van der Waals surface area contributed by atoms with Crippen LogP contribution in [0, 0.1) is 6.92 Å². The first-order valence-electron chi connectivity index (χ1n) is 13.6. The number of ether oxygens (including phenoxy) is 1. The first-order chi connectivity index (χ1) is 19.2. The van der Waals surface area contributed by atoms with Gasteiger partial charge >= 0.3 is 5.91 Å². The quantitative estimate of drug-likeness (QED) is 0.159. The molecule has 5 rings (SSSR count). The molecule has 206 valence electrons. The minimum absolute atomic E-state index is 0.00778. The Balaban J connectivity index is 1.66. The summed E-state index contributed by atoms with van der Waals surface area (Å²) >= 11 is 0. The van der Waals surface area contributed by atoms with Crippen molar-refractivity contribution in [3.05, 3.63) is 89.0 Å². The number of hydrogen-bond donors (Lipinski definition) is 2. The number of benzene rings is 3. The summed E-state index contributed by atoms with van der Waals surface area (Å²) in [6.45, 7) is 11.6. The molecule has 1 aliphatic heterocycles. The van der Waals surface area contributed by atoms with Gasteiger partial charge in [-0.1, -0.05) is 24.3 Å². The van der Waals surface area contributed by atoms with Crippen molar-refractivity contribution in [3.8, 4) is 5.75 Å². The first-order valence-corrected chi connectivity index (χ1v) is 13.6. The highest BCUT2D eigenvalue weighted by Gasteiger charge is 2.48. The third-order valence-corrected chi connectivity index (χ3v) is 7.20. The van der Waals surface area contributed by atoms with Crippen LogP contribution in [0.25, 0.3) is 16.8 Å². The number of aromatic amines is 1. The third kappa shape index (κ3) is 4.81. The van der Waals surface area contributed by atoms with Gasteiger partial charge in [0, 0.05) is 24.3 Å². The summed E-state index contributed by atoms with van der Waals surface area (Å²) in [5.41, 5.74) is 4.39. The van der Waals surface area contributed by atoms with E-state index >= 15 is 0 Å². The summed E-state index contributed by atoms with van der Waals surface area (Å²) in [4.78, 5) is 38.5. The number of para-hydroxylation sites is 2. The summed E-state index contributed by atoms with van der Waals surface area (Å²) in [5, 5.41) is 11.6. The van der Waals surface area contributed by atoms with Crippen molar-refractivity contribution in [2.24, 2.45) is 0 Å². The van der Waals surface area contributed by atoms with E-state index in [1.807, 2.05) is 69.3 Å². The molecule has 0 spiro atoms. The molecule has 1 saturated heterocycles. The van der Waals surface area contributed by atoms with Crippen molar-refractivity contribution in [1.29, 1.82) is 0 Å². The molecule has 1 atom stereocenters. The van der Waals surface area contributed by atoms with E-state index in [0.717, 1.165) is 29.9 Å². The summed E-state index contributed by atoms with van der Waals surface area (Å²) in [5.74, 6) is -0.824. The molecule has 0 bridgehead atoms. The lowest BCUT2D eigenvalue weighted by Gasteiger charge is -2.25. The van der Waals surface area contributed by atoms with Crippen LogP contribution in [0.3, 0.4) is 0 Å². The molecule has 0 aliphatic carbocycles. The number of fused-ring (bicyclic) bond motifs is 1. The first kappa shape index (κ1) is 27.0. The van der Waals surface area contributed by atoms with E-state index in [1.165, 1.54) is 4.90 Å². The second kappa shape index (κ2) is 10.9. The summed E-state index contributed by atoms with van der Waals surface area (Å²) in [7, 11) is 0. The van der Waals surface area contributed by atoms with E-state index in [1.54, 1.807) is 18.2 Å². The van der Waals surface area contributed by atoms with E-state index in [4.69, 9.17) is 4.74 Å². The number of rotatable bonds is 8. The Kier molecular flexibility index (Phi) is 7.34. The predicted molar refractivity (Wildman–Crippen MR) is 158 cm³/mol. The van der Waals surface area contributed by atoms with Crippen LogP contribution in [0.5, 0.6) is 5.75 Å². The van der Waals surface area contributed by atoms with Crippen LogP contribution in [0.15, 0.2) is 72.3 Å². The number of imidazole rings is 1. The average molecular weight is 539 g/mol. The molecular weight excluding hydrogens is 504 g/mol. The van der Waals surface area contributed by atoms with E-state index in [-0.39, 0.29) is 23.4 Å². The van der Waals surface area contributed by atoms with Crippen molar-refractivity contribution in [2.45, 2.75) is 46.8 Å². The number of nitrogens with zero attached hydrogens (tertiary/aromatic N) is 3. The Morgan fingerprint density at radius 2 is 1.75 bits per heavy atom. The number of aryl methyl sites for hydroxylation is 1. The number of amides is 1. The van der Waals surface area contributed by atoms with Gasteiger partial charge in [-0.25, -0.2) is 4.98 Å². The van der Waals surface area contributed by atoms with Crippen LogP contribution in [-0.2, 0) is 9.59 Å². The molecule has 1 aromatic heterocycles. The van der Waals surface area contributed by atoms with Gasteiger partial charge in [0.1, 0.15) is 11.5 Å². The number of carbonyl (C=O) groups is 2. The van der Waals surface area contributed by atoms with Gasteiger partial charge in [0.25, 0.3) is 5.78 Å². The number of H-pyrrole nitrogens is 1. The van der Waals surface area contributed by atoms with Gasteiger partial charge in [-0.3, -0.25) is 14.5 Å². The van der Waals surface area contributed by atoms with Crippen molar-refractivity contribution >= 4 is 40.1 Å². The minimum Gasteiger partial charge on any atom is -0.507 e. The maximum atomic E-state index is 13.6. The molecule has 40 heavy (non-hydrogen) atoms. The Morgan fingerprint density at radius 3 is 2.38 bits per heavy atom. The number of ketones is 1. The van der Waals surface area contributed by atoms with Gasteiger partial charge < -0.3 is 19.7 Å². The van der Waals surface area contributed by atoms with Gasteiger partial charge in [-0.15, -0.1) is 0 Å². The minimum atomic E-state index is -0.877. The number of Topliss-reactive ketones (excluding diaryl/α,β-unsaturated/α-hetero) is 1. The molecule has 8 nitrogen and oxygen atoms in total. The van der Waals surface area contributed by atoms with Crippen LogP contribution >= 0.6 is 0 Å². The average Bonchev–Trinajstić information content (AvgIpc) is 3.48. The number of nitrogens with one attached hydrogen (secondary N) is 1. The lowest BCUT2D eigenvalue weighted by Crippen LogP contribution is -2.30. The molecule has 1 aliphatic rings. The number of hydrogen-bond acceptors (Lipinski definition) is 6. The lowest BCUT2D eigenvalue weighted by molar-refractivity contribution is -0.132. The van der Waals surface area contributed by atoms with E-state index in [9.17, 15) is 14.7 Å². The number of anilines is 2. The highest BCUT2D eigenvalue weighted by molar-refractivity contribution is 6.51. The van der Waals surface area contributed by atoms with E-state index < -0.39 is 17.7 Å². The van der Waals surface area contributed by atoms with Gasteiger partial charge in [-0.2, -0.15) is 0 Å². The fourth-order valence-corrected chi connectivity index (χ4v) is 5.21. The van der Waals surface area contributed by atoms with Crippen LogP contribution in [0.2, 0.25) is 0 Å². The highest BCUT2D eigenvalue weighted by atomic mass is 16.5. The predicted octanol–water partition coefficient (Wildman–Crippen LogP) is 6.13. The van der Waals surface area contributed by atoms with Crippen LogP contribution in [0.1, 0.15) is 50.4 Å². The van der Waals surface area contributed by atoms with Crippen molar-refractivity contribution in [3.63, 3.8) is 0 Å². The zero-order valence-corrected chi connectivity index (χ0v) is 23.4. The molecule has 8 heteroatoms. The second-order valence-corrected chi connectivity index (χ2v) is 10.2. The molecule has 3 aromatic carbocycles. The Bertz CT molecular complexity index is 1570. The molecule has 4 aromatic rings.